The van der Waals surface area contributed by atoms with E-state index in [0.717, 1.165) is 13.2 Å². The average molecular weight is 326 g/mol. The maximum absolute atomic E-state index is 12.8. The average Bonchev–Trinajstić information content (AvgIpc) is 2.29. The molecule has 1 aromatic rings. The van der Waals surface area contributed by atoms with Crippen molar-refractivity contribution in [3.05, 3.63) is 33.8 Å². The number of carbonyl (C=O) groups is 1. The number of hydrogen-bond donors (Lipinski definition) is 1. The van der Waals surface area contributed by atoms with Crippen LogP contribution in [0.4, 0.5) is 13.2 Å². The van der Waals surface area contributed by atoms with Gasteiger partial charge >= 0.3 is 12.1 Å². The first-order valence-electron chi connectivity index (χ1n) is 4.95. The van der Waals surface area contributed by atoms with Gasteiger partial charge in [0.25, 0.3) is 0 Å². The Morgan fingerprint density at radius 1 is 1.50 bits per heavy atom. The summed E-state index contributed by atoms with van der Waals surface area (Å²) in [6.45, 7) is 0. The highest BCUT2D eigenvalue weighted by Gasteiger charge is 2.34. The Hall–Kier alpha value is -1.08. The number of esters is 1. The Labute approximate surface area is 110 Å². The minimum Gasteiger partial charge on any atom is -0.468 e. The lowest BCUT2D eigenvalue weighted by Gasteiger charge is -2.16. The third-order valence-electron chi connectivity index (χ3n) is 2.35. The van der Waals surface area contributed by atoms with Crippen molar-refractivity contribution < 1.29 is 22.7 Å². The number of nitrogens with two attached hydrogens (primary N) is 1. The molecule has 0 bridgehead atoms. The molecule has 3 nitrogen and oxygen atoms in total. The van der Waals surface area contributed by atoms with Gasteiger partial charge in [-0.1, -0.05) is 22.0 Å². The number of methoxy groups -OCH3 is 1. The zero-order chi connectivity index (χ0) is 13.9. The van der Waals surface area contributed by atoms with E-state index in [0.29, 0.717) is 0 Å². The summed E-state index contributed by atoms with van der Waals surface area (Å²) in [6, 6.07) is 2.56. The second kappa shape index (κ2) is 5.71. The maximum atomic E-state index is 12.8. The number of hydrogen-bond acceptors (Lipinski definition) is 3. The lowest BCUT2D eigenvalue weighted by Crippen LogP contribution is -2.34. The van der Waals surface area contributed by atoms with Gasteiger partial charge in [-0.2, -0.15) is 13.2 Å². The molecule has 1 rings (SSSR count). The zero-order valence-corrected chi connectivity index (χ0v) is 11.0. The van der Waals surface area contributed by atoms with Crippen molar-refractivity contribution >= 4 is 21.9 Å². The highest BCUT2D eigenvalue weighted by molar-refractivity contribution is 9.10. The van der Waals surface area contributed by atoms with Crippen LogP contribution in [0.2, 0.25) is 0 Å². The number of rotatable bonds is 3. The summed E-state index contributed by atoms with van der Waals surface area (Å²) in [5.41, 5.74) is 4.62. The summed E-state index contributed by atoms with van der Waals surface area (Å²) in [5.74, 6) is -0.751. The zero-order valence-electron chi connectivity index (χ0n) is 9.42. The summed E-state index contributed by atoms with van der Waals surface area (Å²) in [5, 5.41) is 0. The van der Waals surface area contributed by atoms with E-state index in [9.17, 15) is 18.0 Å². The van der Waals surface area contributed by atoms with E-state index in [4.69, 9.17) is 5.73 Å². The number of benzene rings is 1. The summed E-state index contributed by atoms with van der Waals surface area (Å²) >= 11 is 3.03. The van der Waals surface area contributed by atoms with Gasteiger partial charge < -0.3 is 10.5 Å². The topological polar surface area (TPSA) is 52.3 Å². The molecule has 100 valence electrons. The molecule has 18 heavy (non-hydrogen) atoms. The molecule has 0 amide bonds. The van der Waals surface area contributed by atoms with Crippen LogP contribution in [0.3, 0.4) is 0 Å². The van der Waals surface area contributed by atoms with Crippen LogP contribution in [0.25, 0.3) is 0 Å². The Morgan fingerprint density at radius 2 is 2.11 bits per heavy atom. The van der Waals surface area contributed by atoms with Crippen LogP contribution in [0.5, 0.6) is 0 Å². The van der Waals surface area contributed by atoms with Crippen molar-refractivity contribution in [3.63, 3.8) is 0 Å². The molecule has 0 fully saturated rings. The highest BCUT2D eigenvalue weighted by Crippen LogP contribution is 2.35. The molecule has 0 saturated carbocycles. The lowest BCUT2D eigenvalue weighted by atomic mass is 10.0. The number of carbonyl (C=O) groups excluding carboxylic acids is 1. The third-order valence-corrected chi connectivity index (χ3v) is 3.10. The largest absolute Gasteiger partial charge is 0.468 e. The van der Waals surface area contributed by atoms with Crippen molar-refractivity contribution in [3.8, 4) is 0 Å². The van der Waals surface area contributed by atoms with Gasteiger partial charge in [0, 0.05) is 4.47 Å². The fourth-order valence-electron chi connectivity index (χ4n) is 1.49. The van der Waals surface area contributed by atoms with Crippen LogP contribution in [0.15, 0.2) is 22.7 Å². The summed E-state index contributed by atoms with van der Waals surface area (Å²) < 4.78 is 43.0. The van der Waals surface area contributed by atoms with Gasteiger partial charge in [0.15, 0.2) is 0 Å². The first-order valence-corrected chi connectivity index (χ1v) is 5.74. The van der Waals surface area contributed by atoms with E-state index in [2.05, 4.69) is 20.7 Å². The molecule has 0 saturated heterocycles. The maximum Gasteiger partial charge on any atom is 0.416 e. The molecule has 0 aliphatic heterocycles. The molecular formula is C11H11BrF3NO2. The number of ether oxygens (including phenoxy) is 1. The molecule has 0 heterocycles. The molecule has 1 atom stereocenters. The molecule has 0 radical (unpaired) electrons. The van der Waals surface area contributed by atoms with E-state index in [1.807, 2.05) is 0 Å². The van der Waals surface area contributed by atoms with Crippen LogP contribution in [0, 0.1) is 0 Å². The first-order chi connectivity index (χ1) is 8.27. The molecule has 0 spiro atoms. The van der Waals surface area contributed by atoms with Gasteiger partial charge in [-0.15, -0.1) is 0 Å². The Bertz CT molecular complexity index is 448. The summed E-state index contributed by atoms with van der Waals surface area (Å²) in [7, 11) is 1.13. The smallest absolute Gasteiger partial charge is 0.416 e. The van der Waals surface area contributed by atoms with Crippen LogP contribution in [-0.4, -0.2) is 19.1 Å². The van der Waals surface area contributed by atoms with Crippen LogP contribution in [0.1, 0.15) is 11.1 Å². The molecule has 0 aliphatic rings. The van der Waals surface area contributed by atoms with Crippen molar-refractivity contribution in [2.24, 2.45) is 5.73 Å². The Kier molecular flexibility index (Phi) is 4.75. The molecule has 0 aliphatic carbocycles. The van der Waals surface area contributed by atoms with Crippen molar-refractivity contribution in [1.82, 2.24) is 0 Å². The van der Waals surface area contributed by atoms with E-state index >= 15 is 0 Å². The first kappa shape index (κ1) is 15.0. The SMILES string of the molecule is COC(=O)[C@@H](N)Cc1c(Br)cccc1C(F)(F)F. The van der Waals surface area contributed by atoms with E-state index in [1.165, 1.54) is 12.1 Å². The lowest BCUT2D eigenvalue weighted by molar-refractivity contribution is -0.143. The quantitative estimate of drug-likeness (QED) is 0.869. The molecule has 0 aromatic heterocycles. The van der Waals surface area contributed by atoms with Crippen LogP contribution in [-0.2, 0) is 22.1 Å². The van der Waals surface area contributed by atoms with E-state index < -0.39 is 23.8 Å². The summed E-state index contributed by atoms with van der Waals surface area (Å²) in [6.07, 6.45) is -4.74. The summed E-state index contributed by atoms with van der Waals surface area (Å²) in [4.78, 5) is 11.1. The molecule has 0 unspecified atom stereocenters. The second-order valence-electron chi connectivity index (χ2n) is 3.60. The number of halogens is 4. The molecule has 7 heteroatoms. The van der Waals surface area contributed by atoms with E-state index in [1.54, 1.807) is 0 Å². The Morgan fingerprint density at radius 3 is 2.61 bits per heavy atom. The standard InChI is InChI=1S/C11H11BrF3NO2/c1-18-10(17)9(16)5-6-7(11(13,14)15)3-2-4-8(6)12/h2-4,9H,5,16H2,1H3/t9-/m0/s1. The molecular weight excluding hydrogens is 315 g/mol. The van der Waals surface area contributed by atoms with Crippen LogP contribution < -0.4 is 5.73 Å². The predicted octanol–water partition coefficient (Wildman–Crippen LogP) is 2.51. The fourth-order valence-corrected chi connectivity index (χ4v) is 2.01. The van der Waals surface area contributed by atoms with Gasteiger partial charge in [0.1, 0.15) is 6.04 Å². The molecule has 1 aromatic carbocycles. The van der Waals surface area contributed by atoms with Crippen molar-refractivity contribution in [2.45, 2.75) is 18.6 Å². The monoisotopic (exact) mass is 325 g/mol. The number of alkyl halides is 3. The molecule has 2 N–H and O–H groups in total. The fraction of sp³-hybridized carbons (Fsp3) is 0.364. The minimum atomic E-state index is -4.49. The van der Waals surface area contributed by atoms with Gasteiger partial charge in [0.05, 0.1) is 12.7 Å². The Balaban J connectivity index is 3.12. The van der Waals surface area contributed by atoms with Crippen molar-refractivity contribution in [2.75, 3.05) is 7.11 Å². The van der Waals surface area contributed by atoms with Gasteiger partial charge in [0.2, 0.25) is 0 Å². The van der Waals surface area contributed by atoms with Gasteiger partial charge in [-0.25, -0.2) is 0 Å². The van der Waals surface area contributed by atoms with Crippen molar-refractivity contribution in [1.29, 1.82) is 0 Å². The van der Waals surface area contributed by atoms with Gasteiger partial charge in [-0.05, 0) is 24.1 Å². The minimum absolute atomic E-state index is 0.0529. The van der Waals surface area contributed by atoms with Gasteiger partial charge in [-0.3, -0.25) is 4.79 Å². The van der Waals surface area contributed by atoms with Crippen LogP contribution >= 0.6 is 15.9 Å². The van der Waals surface area contributed by atoms with E-state index in [-0.39, 0.29) is 16.5 Å². The second-order valence-corrected chi connectivity index (χ2v) is 4.45. The normalized spacial score (nSPS) is 13.2. The highest BCUT2D eigenvalue weighted by atomic mass is 79.9. The predicted molar refractivity (Wildman–Crippen MR) is 62.8 cm³/mol. The third kappa shape index (κ3) is 3.46.